The first-order chi connectivity index (χ1) is 8.74. The number of ether oxygens (including phenoxy) is 1. The molecule has 0 bridgehead atoms. The summed E-state index contributed by atoms with van der Waals surface area (Å²) in [6, 6.07) is 0. The zero-order valence-corrected chi connectivity index (χ0v) is 12.3. The van der Waals surface area contributed by atoms with Crippen molar-refractivity contribution in [1.29, 1.82) is 0 Å². The van der Waals surface area contributed by atoms with Crippen molar-refractivity contribution in [2.24, 2.45) is 5.41 Å². The van der Waals surface area contributed by atoms with Crippen molar-refractivity contribution in [2.75, 3.05) is 26.3 Å². The van der Waals surface area contributed by atoms with Crippen molar-refractivity contribution in [3.63, 3.8) is 0 Å². The Bertz CT molecular complexity index is 358. The standard InChI is InChI=1S/C14H24N2OS/c1-3-6-15-10-14(5-4-7-17-11-14)8-13-9-18-12(2)16-13/h9,15H,3-8,10-11H2,1-2H3. The molecular formula is C14H24N2OS. The van der Waals surface area contributed by atoms with Gasteiger partial charge < -0.3 is 10.1 Å². The van der Waals surface area contributed by atoms with E-state index in [0.29, 0.717) is 0 Å². The third kappa shape index (κ3) is 3.77. The minimum atomic E-state index is 0.258. The first-order valence-corrected chi connectivity index (χ1v) is 7.81. The molecule has 102 valence electrons. The summed E-state index contributed by atoms with van der Waals surface area (Å²) in [4.78, 5) is 4.61. The van der Waals surface area contributed by atoms with E-state index in [4.69, 9.17) is 4.74 Å². The Morgan fingerprint density at radius 3 is 3.06 bits per heavy atom. The van der Waals surface area contributed by atoms with Crippen LogP contribution in [-0.4, -0.2) is 31.3 Å². The third-order valence-corrected chi connectivity index (χ3v) is 4.38. The molecule has 0 radical (unpaired) electrons. The summed E-state index contributed by atoms with van der Waals surface area (Å²) in [6.45, 7) is 8.23. The Morgan fingerprint density at radius 1 is 1.56 bits per heavy atom. The zero-order valence-electron chi connectivity index (χ0n) is 11.5. The molecular weight excluding hydrogens is 244 g/mol. The molecule has 1 aromatic heterocycles. The molecule has 1 N–H and O–H groups in total. The summed E-state index contributed by atoms with van der Waals surface area (Å²) in [5.74, 6) is 0. The minimum Gasteiger partial charge on any atom is -0.381 e. The molecule has 1 unspecified atom stereocenters. The second kappa shape index (κ2) is 6.64. The monoisotopic (exact) mass is 268 g/mol. The van der Waals surface area contributed by atoms with Crippen LogP contribution in [0.3, 0.4) is 0 Å². The molecule has 0 amide bonds. The van der Waals surface area contributed by atoms with Gasteiger partial charge in [0.05, 0.1) is 17.3 Å². The topological polar surface area (TPSA) is 34.2 Å². The van der Waals surface area contributed by atoms with Gasteiger partial charge in [-0.15, -0.1) is 11.3 Å². The number of rotatable bonds is 6. The number of nitrogens with one attached hydrogen (secondary N) is 1. The molecule has 1 saturated heterocycles. The molecule has 1 fully saturated rings. The molecule has 4 heteroatoms. The molecule has 2 rings (SSSR count). The Morgan fingerprint density at radius 2 is 2.44 bits per heavy atom. The van der Waals surface area contributed by atoms with Gasteiger partial charge in [0.2, 0.25) is 0 Å². The summed E-state index contributed by atoms with van der Waals surface area (Å²) >= 11 is 1.75. The van der Waals surface area contributed by atoms with Crippen LogP contribution in [0, 0.1) is 12.3 Å². The quantitative estimate of drug-likeness (QED) is 0.806. The maximum absolute atomic E-state index is 5.73. The molecule has 1 aliphatic rings. The SMILES string of the molecule is CCCNCC1(Cc2csc(C)n2)CCCOC1. The molecule has 1 aliphatic heterocycles. The van der Waals surface area contributed by atoms with Crippen molar-refractivity contribution in [2.45, 2.75) is 39.5 Å². The van der Waals surface area contributed by atoms with E-state index in [-0.39, 0.29) is 5.41 Å². The van der Waals surface area contributed by atoms with Gasteiger partial charge in [0, 0.05) is 23.9 Å². The number of hydrogen-bond acceptors (Lipinski definition) is 4. The van der Waals surface area contributed by atoms with Gasteiger partial charge >= 0.3 is 0 Å². The lowest BCUT2D eigenvalue weighted by atomic mass is 9.78. The van der Waals surface area contributed by atoms with Gasteiger partial charge in [0.15, 0.2) is 0 Å². The number of nitrogens with zero attached hydrogens (tertiary/aromatic N) is 1. The van der Waals surface area contributed by atoms with Crippen molar-refractivity contribution >= 4 is 11.3 Å². The normalized spacial score (nSPS) is 24.3. The van der Waals surface area contributed by atoms with Gasteiger partial charge in [-0.25, -0.2) is 4.98 Å². The second-order valence-corrected chi connectivity index (χ2v) is 6.43. The number of aromatic nitrogens is 1. The summed E-state index contributed by atoms with van der Waals surface area (Å²) < 4.78 is 5.73. The zero-order chi connectivity index (χ0) is 12.8. The van der Waals surface area contributed by atoms with E-state index in [0.717, 1.165) is 32.7 Å². The molecule has 0 spiro atoms. The van der Waals surface area contributed by atoms with Crippen molar-refractivity contribution < 1.29 is 4.74 Å². The highest BCUT2D eigenvalue weighted by molar-refractivity contribution is 7.09. The van der Waals surface area contributed by atoms with Crippen LogP contribution in [0.1, 0.15) is 36.9 Å². The highest BCUT2D eigenvalue weighted by Gasteiger charge is 2.33. The van der Waals surface area contributed by atoms with Crippen LogP contribution in [0.5, 0.6) is 0 Å². The first kappa shape index (κ1) is 14.0. The minimum absolute atomic E-state index is 0.258. The fourth-order valence-electron chi connectivity index (χ4n) is 2.66. The van der Waals surface area contributed by atoms with Gasteiger partial charge in [-0.3, -0.25) is 0 Å². The number of thiazole rings is 1. The van der Waals surface area contributed by atoms with Gasteiger partial charge in [-0.05, 0) is 39.2 Å². The van der Waals surface area contributed by atoms with E-state index >= 15 is 0 Å². The lowest BCUT2D eigenvalue weighted by Gasteiger charge is -2.37. The highest BCUT2D eigenvalue weighted by atomic mass is 32.1. The number of aryl methyl sites for hydroxylation is 1. The average molecular weight is 268 g/mol. The lowest BCUT2D eigenvalue weighted by molar-refractivity contribution is -0.00749. The van der Waals surface area contributed by atoms with Crippen molar-refractivity contribution in [3.8, 4) is 0 Å². The largest absolute Gasteiger partial charge is 0.381 e. The number of hydrogen-bond donors (Lipinski definition) is 1. The lowest BCUT2D eigenvalue weighted by Crippen LogP contribution is -2.43. The van der Waals surface area contributed by atoms with Crippen molar-refractivity contribution in [1.82, 2.24) is 10.3 Å². The van der Waals surface area contributed by atoms with Gasteiger partial charge in [0.1, 0.15) is 0 Å². The molecule has 3 nitrogen and oxygen atoms in total. The summed E-state index contributed by atoms with van der Waals surface area (Å²) in [5.41, 5.74) is 1.50. The Kier molecular flexibility index (Phi) is 5.15. The molecule has 2 heterocycles. The van der Waals surface area contributed by atoms with Gasteiger partial charge in [0.25, 0.3) is 0 Å². The van der Waals surface area contributed by atoms with Crippen LogP contribution < -0.4 is 5.32 Å². The molecule has 1 aromatic rings. The molecule has 0 aliphatic carbocycles. The first-order valence-electron chi connectivity index (χ1n) is 6.94. The average Bonchev–Trinajstić information content (AvgIpc) is 2.76. The Labute approximate surface area is 114 Å². The third-order valence-electron chi connectivity index (χ3n) is 3.55. The van der Waals surface area contributed by atoms with E-state index < -0.39 is 0 Å². The molecule has 0 saturated carbocycles. The maximum Gasteiger partial charge on any atom is 0.0897 e. The van der Waals surface area contributed by atoms with E-state index in [9.17, 15) is 0 Å². The van der Waals surface area contributed by atoms with E-state index in [2.05, 4.69) is 29.5 Å². The molecule has 0 aromatic carbocycles. The molecule has 1 atom stereocenters. The summed E-state index contributed by atoms with van der Waals surface area (Å²) in [5, 5.41) is 6.93. The summed E-state index contributed by atoms with van der Waals surface area (Å²) in [6.07, 6.45) is 4.66. The van der Waals surface area contributed by atoms with Crippen LogP contribution >= 0.6 is 11.3 Å². The van der Waals surface area contributed by atoms with Gasteiger partial charge in [-0.1, -0.05) is 6.92 Å². The smallest absolute Gasteiger partial charge is 0.0897 e. The second-order valence-electron chi connectivity index (χ2n) is 5.37. The summed E-state index contributed by atoms with van der Waals surface area (Å²) in [7, 11) is 0. The van der Waals surface area contributed by atoms with Crippen LogP contribution in [0.4, 0.5) is 0 Å². The van der Waals surface area contributed by atoms with E-state index in [1.807, 2.05) is 0 Å². The van der Waals surface area contributed by atoms with Crippen LogP contribution in [-0.2, 0) is 11.2 Å². The van der Waals surface area contributed by atoms with Crippen LogP contribution in [0.2, 0.25) is 0 Å². The van der Waals surface area contributed by atoms with Crippen molar-refractivity contribution in [3.05, 3.63) is 16.1 Å². The molecule has 18 heavy (non-hydrogen) atoms. The van der Waals surface area contributed by atoms with E-state index in [1.165, 1.54) is 30.0 Å². The Hall–Kier alpha value is -0.450. The Balaban J connectivity index is 1.99. The predicted molar refractivity (Wildman–Crippen MR) is 76.2 cm³/mol. The highest BCUT2D eigenvalue weighted by Crippen LogP contribution is 2.32. The van der Waals surface area contributed by atoms with Crippen LogP contribution in [0.15, 0.2) is 5.38 Å². The van der Waals surface area contributed by atoms with Crippen LogP contribution in [0.25, 0.3) is 0 Å². The fraction of sp³-hybridized carbons (Fsp3) is 0.786. The fourth-order valence-corrected chi connectivity index (χ4v) is 3.27. The van der Waals surface area contributed by atoms with Gasteiger partial charge in [-0.2, -0.15) is 0 Å². The predicted octanol–water partition coefficient (Wildman–Crippen LogP) is 2.79. The maximum atomic E-state index is 5.73. The van der Waals surface area contributed by atoms with E-state index in [1.54, 1.807) is 11.3 Å².